The fraction of sp³-hybridized carbons (Fsp3) is 0.316. The first-order valence-corrected chi connectivity index (χ1v) is 9.98. The van der Waals surface area contributed by atoms with Gasteiger partial charge in [0.25, 0.3) is 10.0 Å². The molecular weight excluding hydrogens is 368 g/mol. The molecule has 0 bridgehead atoms. The first-order valence-electron chi connectivity index (χ1n) is 8.50. The summed E-state index contributed by atoms with van der Waals surface area (Å²) >= 11 is 0. The maximum absolute atomic E-state index is 12.3. The van der Waals surface area contributed by atoms with Crippen LogP contribution < -0.4 is 14.3 Å². The summed E-state index contributed by atoms with van der Waals surface area (Å²) in [5, 5.41) is 13.7. The molecule has 2 aromatic rings. The Labute approximate surface area is 159 Å². The second-order valence-corrected chi connectivity index (χ2v) is 7.54. The van der Waals surface area contributed by atoms with Gasteiger partial charge in [0, 0.05) is 5.56 Å². The van der Waals surface area contributed by atoms with E-state index in [1.807, 2.05) is 12.1 Å². The quantitative estimate of drug-likeness (QED) is 0.505. The fourth-order valence-electron chi connectivity index (χ4n) is 2.43. The molecule has 0 aliphatic carbocycles. The van der Waals surface area contributed by atoms with Gasteiger partial charge in [-0.1, -0.05) is 25.5 Å². The lowest BCUT2D eigenvalue weighted by Crippen LogP contribution is -2.18. The van der Waals surface area contributed by atoms with Gasteiger partial charge in [-0.25, -0.2) is 4.83 Å². The van der Waals surface area contributed by atoms with Crippen LogP contribution in [-0.4, -0.2) is 34.0 Å². The highest BCUT2D eigenvalue weighted by atomic mass is 32.2. The first-order chi connectivity index (χ1) is 12.9. The Bertz CT molecular complexity index is 868. The third-order valence-corrected chi connectivity index (χ3v) is 5.18. The maximum atomic E-state index is 12.3. The second kappa shape index (κ2) is 9.27. The SMILES string of the molecule is CCCCc1ccc(S(=O)(=O)NN=Cc2cc(OC)c(O)c(OC)c2)cc1. The molecule has 2 rings (SSSR count). The van der Waals surface area contributed by atoms with Gasteiger partial charge < -0.3 is 14.6 Å². The number of benzene rings is 2. The number of phenols is 1. The predicted molar refractivity (Wildman–Crippen MR) is 104 cm³/mol. The van der Waals surface area contributed by atoms with Gasteiger partial charge in [-0.05, 0) is 42.7 Å². The van der Waals surface area contributed by atoms with Crippen LogP contribution in [0, 0.1) is 0 Å². The maximum Gasteiger partial charge on any atom is 0.276 e. The zero-order valence-electron chi connectivity index (χ0n) is 15.6. The van der Waals surface area contributed by atoms with Gasteiger partial charge >= 0.3 is 0 Å². The molecule has 0 spiro atoms. The van der Waals surface area contributed by atoms with Crippen LogP contribution in [0.2, 0.25) is 0 Å². The van der Waals surface area contributed by atoms with Gasteiger partial charge in [0.2, 0.25) is 5.75 Å². The highest BCUT2D eigenvalue weighted by Gasteiger charge is 2.13. The minimum Gasteiger partial charge on any atom is -0.502 e. The highest BCUT2D eigenvalue weighted by Crippen LogP contribution is 2.36. The van der Waals surface area contributed by atoms with Crippen molar-refractivity contribution in [1.29, 1.82) is 0 Å². The van der Waals surface area contributed by atoms with Crippen molar-refractivity contribution >= 4 is 16.2 Å². The van der Waals surface area contributed by atoms with E-state index >= 15 is 0 Å². The lowest BCUT2D eigenvalue weighted by atomic mass is 10.1. The molecular formula is C19H24N2O5S. The molecule has 0 radical (unpaired) electrons. The van der Waals surface area contributed by atoms with Gasteiger partial charge in [0.05, 0.1) is 25.3 Å². The first kappa shape index (κ1) is 20.6. The Morgan fingerprint density at radius 3 is 2.22 bits per heavy atom. The van der Waals surface area contributed by atoms with Crippen LogP contribution in [0.3, 0.4) is 0 Å². The number of nitrogens with one attached hydrogen (secondary N) is 1. The second-order valence-electron chi connectivity index (χ2n) is 5.87. The third-order valence-electron chi connectivity index (χ3n) is 3.94. The molecule has 27 heavy (non-hydrogen) atoms. The van der Waals surface area contributed by atoms with Gasteiger partial charge in [-0.3, -0.25) is 0 Å². The van der Waals surface area contributed by atoms with E-state index in [4.69, 9.17) is 9.47 Å². The van der Waals surface area contributed by atoms with Gasteiger partial charge in [0.1, 0.15) is 0 Å². The predicted octanol–water partition coefficient (Wildman–Crippen LogP) is 3.06. The van der Waals surface area contributed by atoms with Gasteiger partial charge in [-0.15, -0.1) is 0 Å². The topological polar surface area (TPSA) is 97.2 Å². The third kappa shape index (κ3) is 5.37. The molecule has 0 amide bonds. The number of hydrogen-bond donors (Lipinski definition) is 2. The number of methoxy groups -OCH3 is 2. The Morgan fingerprint density at radius 1 is 1.11 bits per heavy atom. The van der Waals surface area contributed by atoms with Crippen molar-refractivity contribution in [3.8, 4) is 17.2 Å². The summed E-state index contributed by atoms with van der Waals surface area (Å²) in [5.41, 5.74) is 1.60. The summed E-state index contributed by atoms with van der Waals surface area (Å²) in [6.07, 6.45) is 4.38. The number of phenolic OH excluding ortho intramolecular Hbond substituents is 1. The van der Waals surface area contributed by atoms with Crippen LogP contribution in [0.1, 0.15) is 30.9 Å². The van der Waals surface area contributed by atoms with E-state index in [2.05, 4.69) is 16.9 Å². The molecule has 146 valence electrons. The summed E-state index contributed by atoms with van der Waals surface area (Å²) in [4.78, 5) is 2.31. The van der Waals surface area contributed by atoms with Crippen molar-refractivity contribution in [2.24, 2.45) is 5.10 Å². The van der Waals surface area contributed by atoms with Crippen molar-refractivity contribution in [2.75, 3.05) is 14.2 Å². The van der Waals surface area contributed by atoms with Crippen LogP contribution in [0.5, 0.6) is 17.2 Å². The fourth-order valence-corrected chi connectivity index (χ4v) is 3.22. The normalized spacial score (nSPS) is 11.5. The summed E-state index contributed by atoms with van der Waals surface area (Å²) in [6.45, 7) is 2.11. The Morgan fingerprint density at radius 2 is 1.70 bits per heavy atom. The molecule has 0 saturated carbocycles. The molecule has 0 heterocycles. The molecule has 8 heteroatoms. The lowest BCUT2D eigenvalue weighted by molar-refractivity contribution is 0.340. The summed E-state index contributed by atoms with van der Waals surface area (Å²) in [5.74, 6) is 0.253. The van der Waals surface area contributed by atoms with E-state index in [9.17, 15) is 13.5 Å². The van der Waals surface area contributed by atoms with Gasteiger partial charge in [-0.2, -0.15) is 13.5 Å². The molecule has 2 aromatic carbocycles. The number of nitrogens with zero attached hydrogens (tertiary/aromatic N) is 1. The molecule has 0 atom stereocenters. The summed E-state index contributed by atoms with van der Waals surface area (Å²) in [6, 6.07) is 9.77. The van der Waals surface area contributed by atoms with Crippen molar-refractivity contribution in [3.05, 3.63) is 47.5 Å². The van der Waals surface area contributed by atoms with Crippen molar-refractivity contribution in [3.63, 3.8) is 0 Å². The lowest BCUT2D eigenvalue weighted by Gasteiger charge is -2.09. The average Bonchev–Trinajstić information content (AvgIpc) is 2.67. The van der Waals surface area contributed by atoms with Crippen LogP contribution in [-0.2, 0) is 16.4 Å². The molecule has 0 aromatic heterocycles. The minimum atomic E-state index is -3.77. The summed E-state index contributed by atoms with van der Waals surface area (Å²) in [7, 11) is -0.957. The van der Waals surface area contributed by atoms with E-state index in [1.54, 1.807) is 12.1 Å². The van der Waals surface area contributed by atoms with Crippen LogP contribution in [0.25, 0.3) is 0 Å². The minimum absolute atomic E-state index is 0.138. The number of ether oxygens (including phenoxy) is 2. The summed E-state index contributed by atoms with van der Waals surface area (Å²) < 4.78 is 34.8. The molecule has 2 N–H and O–H groups in total. The smallest absolute Gasteiger partial charge is 0.276 e. The van der Waals surface area contributed by atoms with Crippen molar-refractivity contribution < 1.29 is 23.0 Å². The van der Waals surface area contributed by atoms with Crippen molar-refractivity contribution in [2.45, 2.75) is 31.1 Å². The van der Waals surface area contributed by atoms with E-state index in [0.29, 0.717) is 5.56 Å². The molecule has 0 fully saturated rings. The molecule has 0 unspecified atom stereocenters. The number of rotatable bonds is 9. The van der Waals surface area contributed by atoms with E-state index < -0.39 is 10.0 Å². The number of unbranched alkanes of at least 4 members (excludes halogenated alkanes) is 1. The average molecular weight is 392 g/mol. The standard InChI is InChI=1S/C19H24N2O5S/c1-4-5-6-14-7-9-16(10-8-14)27(23,24)21-20-13-15-11-17(25-2)19(22)18(12-15)26-3/h7-13,21-22H,4-6H2,1-3H3. The van der Waals surface area contributed by atoms with Crippen molar-refractivity contribution in [1.82, 2.24) is 4.83 Å². The number of aromatic hydroxyl groups is 1. The number of hydrogen-bond acceptors (Lipinski definition) is 6. The Hall–Kier alpha value is -2.74. The van der Waals surface area contributed by atoms with E-state index in [1.165, 1.54) is 32.6 Å². The largest absolute Gasteiger partial charge is 0.502 e. The zero-order valence-corrected chi connectivity index (χ0v) is 16.4. The molecule has 0 aliphatic rings. The number of sulfonamides is 1. The monoisotopic (exact) mass is 392 g/mol. The Balaban J connectivity index is 2.12. The van der Waals surface area contributed by atoms with Gasteiger partial charge in [0.15, 0.2) is 11.5 Å². The molecule has 7 nitrogen and oxygen atoms in total. The van der Waals surface area contributed by atoms with Crippen LogP contribution >= 0.6 is 0 Å². The highest BCUT2D eigenvalue weighted by molar-refractivity contribution is 7.89. The molecule has 0 saturated heterocycles. The number of aryl methyl sites for hydroxylation is 1. The van der Waals surface area contributed by atoms with Crippen LogP contribution in [0.15, 0.2) is 46.4 Å². The molecule has 0 aliphatic heterocycles. The van der Waals surface area contributed by atoms with E-state index in [-0.39, 0.29) is 22.1 Å². The van der Waals surface area contributed by atoms with E-state index in [0.717, 1.165) is 24.8 Å². The van der Waals surface area contributed by atoms with Crippen LogP contribution in [0.4, 0.5) is 0 Å². The Kier molecular flexibility index (Phi) is 7.06. The number of hydrazone groups is 1. The zero-order chi connectivity index (χ0) is 19.9.